The Bertz CT molecular complexity index is 1090. The molecular weight excluding hydrogens is 452 g/mol. The molecule has 1 unspecified atom stereocenters. The van der Waals surface area contributed by atoms with Gasteiger partial charge < -0.3 is 4.52 Å². The van der Waals surface area contributed by atoms with Gasteiger partial charge in [-0.25, -0.2) is 4.98 Å². The Balaban J connectivity index is 2.47. The molecule has 0 aliphatic rings. The quantitative estimate of drug-likeness (QED) is 0.251. The molecule has 0 radical (unpaired) electrons. The Hall–Kier alpha value is -2.34. The van der Waals surface area contributed by atoms with E-state index in [0.717, 1.165) is 30.3 Å². The lowest BCUT2D eigenvalue weighted by molar-refractivity contribution is -0.384. The number of hydrogen-bond acceptors (Lipinski definition) is 8. The Kier molecular flexibility index (Phi) is 7.02. The smallest absolute Gasteiger partial charge is 0.321 e. The molecule has 1 atom stereocenters. The van der Waals surface area contributed by atoms with Crippen LogP contribution in [0.4, 0.5) is 18.9 Å². The molecule has 1 heterocycles. The highest BCUT2D eigenvalue weighted by Gasteiger charge is 2.34. The van der Waals surface area contributed by atoms with Crippen molar-refractivity contribution in [2.45, 2.75) is 24.9 Å². The molecule has 0 aliphatic carbocycles. The third-order valence-electron chi connectivity index (χ3n) is 3.59. The summed E-state index contributed by atoms with van der Waals surface area (Å²) in [5.41, 5.74) is -0.379. The van der Waals surface area contributed by atoms with E-state index in [1.54, 1.807) is 0 Å². The van der Waals surface area contributed by atoms with Crippen LogP contribution in [-0.2, 0) is 23.4 Å². The SMILES string of the molecule is CCOP(=O)(c1ccc(S(=O)(=O)OCC(F)(F)F)cc1)c1cc([N+](=O)[O-])cc(C)n1. The van der Waals surface area contributed by atoms with Crippen LogP contribution in [0.15, 0.2) is 41.3 Å². The van der Waals surface area contributed by atoms with Crippen LogP contribution >= 0.6 is 7.37 Å². The van der Waals surface area contributed by atoms with Crippen LogP contribution in [0.25, 0.3) is 0 Å². The summed E-state index contributed by atoms with van der Waals surface area (Å²) in [4.78, 5) is 13.9. The number of benzene rings is 1. The molecule has 0 saturated heterocycles. The molecule has 0 fully saturated rings. The van der Waals surface area contributed by atoms with Crippen LogP contribution in [0.3, 0.4) is 0 Å². The van der Waals surface area contributed by atoms with Crippen molar-refractivity contribution in [1.29, 1.82) is 0 Å². The van der Waals surface area contributed by atoms with E-state index in [2.05, 4.69) is 9.17 Å². The van der Waals surface area contributed by atoms with Crippen LogP contribution in [0.5, 0.6) is 0 Å². The molecule has 1 aromatic heterocycles. The zero-order valence-corrected chi connectivity index (χ0v) is 17.3. The number of aryl methyl sites for hydroxylation is 1. The number of halogens is 3. The van der Waals surface area contributed by atoms with Crippen molar-refractivity contribution < 1.29 is 39.8 Å². The average Bonchev–Trinajstić information content (AvgIpc) is 2.65. The minimum Gasteiger partial charge on any atom is -0.321 e. The molecule has 1 aromatic carbocycles. The predicted octanol–water partition coefficient (Wildman–Crippen LogP) is 2.83. The summed E-state index contributed by atoms with van der Waals surface area (Å²) in [5, 5.41) is 11.1. The molecule has 2 rings (SSSR count). The summed E-state index contributed by atoms with van der Waals surface area (Å²) in [6, 6.07) is 6.09. The van der Waals surface area contributed by atoms with E-state index < -0.39 is 40.1 Å². The minimum absolute atomic E-state index is 0.0495. The summed E-state index contributed by atoms with van der Waals surface area (Å²) < 4.78 is 83.3. The lowest BCUT2D eigenvalue weighted by Gasteiger charge is -2.18. The maximum Gasteiger partial charge on any atom is 0.413 e. The summed E-state index contributed by atoms with van der Waals surface area (Å²) in [6.07, 6.45) is -4.84. The molecule has 0 N–H and O–H groups in total. The maximum atomic E-state index is 13.5. The number of hydrogen-bond donors (Lipinski definition) is 0. The molecule has 30 heavy (non-hydrogen) atoms. The predicted molar refractivity (Wildman–Crippen MR) is 99.8 cm³/mol. The van der Waals surface area contributed by atoms with Crippen molar-refractivity contribution >= 4 is 33.9 Å². The Morgan fingerprint density at radius 1 is 1.20 bits per heavy atom. The van der Waals surface area contributed by atoms with E-state index >= 15 is 0 Å². The zero-order chi connectivity index (χ0) is 22.7. The topological polar surface area (TPSA) is 126 Å². The van der Waals surface area contributed by atoms with E-state index in [-0.39, 0.29) is 28.7 Å². The van der Waals surface area contributed by atoms with Gasteiger partial charge in [-0.2, -0.15) is 21.6 Å². The van der Waals surface area contributed by atoms with Gasteiger partial charge in [-0.05, 0) is 38.1 Å². The van der Waals surface area contributed by atoms with E-state index in [9.17, 15) is 36.3 Å². The number of aromatic nitrogens is 1. The highest BCUT2D eigenvalue weighted by atomic mass is 32.2. The van der Waals surface area contributed by atoms with Gasteiger partial charge in [0.15, 0.2) is 6.61 Å². The fourth-order valence-corrected chi connectivity index (χ4v) is 5.30. The molecule has 0 saturated carbocycles. The maximum absolute atomic E-state index is 13.5. The summed E-state index contributed by atoms with van der Waals surface area (Å²) >= 11 is 0. The van der Waals surface area contributed by atoms with E-state index in [4.69, 9.17) is 4.52 Å². The standard InChI is InChI=1S/C16H16F3N2O7PS/c1-3-27-29(24,15-9-12(21(22)23)8-11(2)20-15)13-4-6-14(7-5-13)30(25,26)28-10-16(17,18)19/h4-9H,3,10H2,1-2H3. The Labute approximate surface area is 169 Å². The van der Waals surface area contributed by atoms with Gasteiger partial charge in [0.1, 0.15) is 5.44 Å². The normalized spacial score (nSPS) is 14.3. The number of pyridine rings is 1. The van der Waals surface area contributed by atoms with Gasteiger partial charge in [0, 0.05) is 23.1 Å². The number of nitrogens with zero attached hydrogens (tertiary/aromatic N) is 2. The van der Waals surface area contributed by atoms with E-state index in [1.807, 2.05) is 0 Å². The molecule has 14 heteroatoms. The van der Waals surface area contributed by atoms with Crippen molar-refractivity contribution in [1.82, 2.24) is 4.98 Å². The number of rotatable bonds is 8. The third-order valence-corrected chi connectivity index (χ3v) is 7.30. The second-order valence-electron chi connectivity index (χ2n) is 5.88. The molecule has 2 aromatic rings. The Morgan fingerprint density at radius 3 is 2.30 bits per heavy atom. The molecule has 9 nitrogen and oxygen atoms in total. The lowest BCUT2D eigenvalue weighted by atomic mass is 10.3. The summed E-state index contributed by atoms with van der Waals surface area (Å²) in [5.74, 6) is 0. The van der Waals surface area contributed by atoms with Gasteiger partial charge >= 0.3 is 6.18 Å². The third kappa shape index (κ3) is 5.63. The van der Waals surface area contributed by atoms with Crippen LogP contribution in [0, 0.1) is 17.0 Å². The molecule has 0 bridgehead atoms. The largest absolute Gasteiger partial charge is 0.413 e. The fourth-order valence-electron chi connectivity index (χ4n) is 2.37. The fraction of sp³-hybridized carbons (Fsp3) is 0.312. The molecule has 0 amide bonds. The van der Waals surface area contributed by atoms with Gasteiger partial charge in [0.05, 0.1) is 16.4 Å². The van der Waals surface area contributed by atoms with Crippen LogP contribution in [0.2, 0.25) is 0 Å². The molecular formula is C16H16F3N2O7PS. The lowest BCUT2D eigenvalue weighted by Crippen LogP contribution is -2.23. The van der Waals surface area contributed by atoms with Crippen LogP contribution in [0.1, 0.15) is 12.6 Å². The van der Waals surface area contributed by atoms with E-state index in [1.165, 1.54) is 19.9 Å². The second kappa shape index (κ2) is 8.80. The molecule has 164 valence electrons. The monoisotopic (exact) mass is 468 g/mol. The van der Waals surface area contributed by atoms with Crippen molar-refractivity contribution in [2.75, 3.05) is 13.2 Å². The van der Waals surface area contributed by atoms with Crippen LogP contribution in [-0.4, -0.2) is 37.7 Å². The van der Waals surface area contributed by atoms with Crippen molar-refractivity contribution in [3.8, 4) is 0 Å². The van der Waals surface area contributed by atoms with Gasteiger partial charge in [0.25, 0.3) is 23.2 Å². The highest BCUT2D eigenvalue weighted by Crippen LogP contribution is 2.44. The van der Waals surface area contributed by atoms with Crippen LogP contribution < -0.4 is 10.7 Å². The van der Waals surface area contributed by atoms with Gasteiger partial charge in [0.2, 0.25) is 0 Å². The van der Waals surface area contributed by atoms with Gasteiger partial charge in [-0.15, -0.1) is 0 Å². The highest BCUT2D eigenvalue weighted by molar-refractivity contribution is 7.86. The minimum atomic E-state index is -4.84. The first kappa shape index (κ1) is 23.9. The second-order valence-corrected chi connectivity index (χ2v) is 9.83. The first-order valence-electron chi connectivity index (χ1n) is 8.23. The average molecular weight is 468 g/mol. The zero-order valence-electron chi connectivity index (χ0n) is 15.6. The molecule has 0 spiro atoms. The van der Waals surface area contributed by atoms with Crippen molar-refractivity contribution in [3.63, 3.8) is 0 Å². The van der Waals surface area contributed by atoms with Gasteiger partial charge in [-0.1, -0.05) is 0 Å². The van der Waals surface area contributed by atoms with Gasteiger partial charge in [-0.3, -0.25) is 18.9 Å². The summed E-state index contributed by atoms with van der Waals surface area (Å²) in [6.45, 7) is 0.932. The number of nitro groups is 1. The van der Waals surface area contributed by atoms with Crippen molar-refractivity contribution in [3.05, 3.63) is 52.2 Å². The Morgan fingerprint density at radius 2 is 1.80 bits per heavy atom. The summed E-state index contributed by atoms with van der Waals surface area (Å²) in [7, 11) is -8.68. The molecule has 0 aliphatic heterocycles. The van der Waals surface area contributed by atoms with E-state index in [0.29, 0.717) is 0 Å². The number of alkyl halides is 3. The van der Waals surface area contributed by atoms with Crippen molar-refractivity contribution in [2.24, 2.45) is 0 Å². The first-order chi connectivity index (χ1) is 13.8. The first-order valence-corrected chi connectivity index (χ1v) is 11.3.